The molecule has 0 aromatic carbocycles. The molecule has 0 spiro atoms. The van der Waals surface area contributed by atoms with E-state index in [2.05, 4.69) is 44.8 Å². The largest absolute Gasteiger partial charge is 0.341 e. The van der Waals surface area contributed by atoms with E-state index in [4.69, 9.17) is 0 Å². The van der Waals surface area contributed by atoms with Crippen molar-refractivity contribution >= 4 is 5.91 Å². The van der Waals surface area contributed by atoms with E-state index in [0.717, 1.165) is 32.5 Å². The van der Waals surface area contributed by atoms with Crippen molar-refractivity contribution in [2.24, 2.45) is 17.8 Å². The molecule has 1 heterocycles. The second-order valence-electron chi connectivity index (χ2n) is 6.60. The SMILES string of the molecule is CCC(CC)C(=O)N1CC(C)CC(NCC(C)C)C1. The number of nitrogens with zero attached hydrogens (tertiary/aromatic N) is 1. The number of rotatable bonds is 6. The first-order chi connectivity index (χ1) is 8.97. The fraction of sp³-hybridized carbons (Fsp3) is 0.938. The monoisotopic (exact) mass is 268 g/mol. The molecule has 1 saturated heterocycles. The number of amides is 1. The van der Waals surface area contributed by atoms with Crippen LogP contribution in [-0.2, 0) is 4.79 Å². The van der Waals surface area contributed by atoms with Crippen molar-refractivity contribution in [1.82, 2.24) is 10.2 Å². The van der Waals surface area contributed by atoms with Gasteiger partial charge in [0.05, 0.1) is 0 Å². The molecule has 2 atom stereocenters. The third-order valence-corrected chi connectivity index (χ3v) is 4.12. The van der Waals surface area contributed by atoms with Gasteiger partial charge in [-0.25, -0.2) is 0 Å². The summed E-state index contributed by atoms with van der Waals surface area (Å²) in [6.07, 6.45) is 3.12. The van der Waals surface area contributed by atoms with Crippen LogP contribution in [0, 0.1) is 17.8 Å². The first kappa shape index (κ1) is 16.5. The molecule has 0 bridgehead atoms. The van der Waals surface area contributed by atoms with Crippen LogP contribution in [0.5, 0.6) is 0 Å². The second kappa shape index (κ2) is 7.88. The Kier molecular flexibility index (Phi) is 6.84. The summed E-state index contributed by atoms with van der Waals surface area (Å²) in [7, 11) is 0. The summed E-state index contributed by atoms with van der Waals surface area (Å²) in [6.45, 7) is 13.8. The maximum atomic E-state index is 12.5. The lowest BCUT2D eigenvalue weighted by molar-refractivity contribution is -0.138. The molecule has 0 aliphatic carbocycles. The molecule has 1 N–H and O–H groups in total. The van der Waals surface area contributed by atoms with Crippen molar-refractivity contribution in [1.29, 1.82) is 0 Å². The smallest absolute Gasteiger partial charge is 0.225 e. The molecular weight excluding hydrogens is 236 g/mol. The van der Waals surface area contributed by atoms with Crippen LogP contribution >= 0.6 is 0 Å². The number of likely N-dealkylation sites (tertiary alicyclic amines) is 1. The highest BCUT2D eigenvalue weighted by atomic mass is 16.2. The quantitative estimate of drug-likeness (QED) is 0.803. The fourth-order valence-corrected chi connectivity index (χ4v) is 2.98. The predicted octanol–water partition coefficient (Wildman–Crippen LogP) is 2.91. The fourth-order valence-electron chi connectivity index (χ4n) is 2.98. The van der Waals surface area contributed by atoms with E-state index in [1.54, 1.807) is 0 Å². The van der Waals surface area contributed by atoms with Gasteiger partial charge in [-0.15, -0.1) is 0 Å². The average molecular weight is 268 g/mol. The average Bonchev–Trinajstić information content (AvgIpc) is 2.37. The summed E-state index contributed by atoms with van der Waals surface area (Å²) in [6, 6.07) is 0.476. The molecule has 1 aliphatic rings. The van der Waals surface area contributed by atoms with Crippen LogP contribution in [0.25, 0.3) is 0 Å². The zero-order valence-electron chi connectivity index (χ0n) is 13.4. The molecule has 112 valence electrons. The highest BCUT2D eigenvalue weighted by Gasteiger charge is 2.30. The Bertz CT molecular complexity index is 274. The van der Waals surface area contributed by atoms with E-state index in [1.807, 2.05) is 0 Å². The van der Waals surface area contributed by atoms with Gasteiger partial charge in [0.15, 0.2) is 0 Å². The van der Waals surface area contributed by atoms with Crippen LogP contribution in [0.1, 0.15) is 53.9 Å². The summed E-state index contributed by atoms with van der Waals surface area (Å²) in [5, 5.41) is 3.62. The first-order valence-corrected chi connectivity index (χ1v) is 8.00. The molecule has 3 heteroatoms. The topological polar surface area (TPSA) is 32.3 Å². The summed E-state index contributed by atoms with van der Waals surface area (Å²) >= 11 is 0. The summed E-state index contributed by atoms with van der Waals surface area (Å²) in [5.74, 6) is 1.86. The summed E-state index contributed by atoms with van der Waals surface area (Å²) in [4.78, 5) is 14.6. The van der Waals surface area contributed by atoms with Gasteiger partial charge in [0.2, 0.25) is 5.91 Å². The normalized spacial score (nSPS) is 24.3. The minimum absolute atomic E-state index is 0.219. The molecule has 3 nitrogen and oxygen atoms in total. The lowest BCUT2D eigenvalue weighted by Crippen LogP contribution is -2.52. The lowest BCUT2D eigenvalue weighted by atomic mass is 9.93. The molecule has 1 fully saturated rings. The molecular formula is C16H32N2O. The Labute approximate surface area is 119 Å². The summed E-state index contributed by atoms with van der Waals surface area (Å²) < 4.78 is 0. The number of piperidine rings is 1. The van der Waals surface area contributed by atoms with Crippen LogP contribution in [0.2, 0.25) is 0 Å². The second-order valence-corrected chi connectivity index (χ2v) is 6.60. The molecule has 1 amide bonds. The maximum Gasteiger partial charge on any atom is 0.225 e. The molecule has 2 unspecified atom stereocenters. The van der Waals surface area contributed by atoms with E-state index in [1.165, 1.54) is 6.42 Å². The number of hydrogen-bond donors (Lipinski definition) is 1. The van der Waals surface area contributed by atoms with Gasteiger partial charge in [-0.3, -0.25) is 4.79 Å². The van der Waals surface area contributed by atoms with Crippen molar-refractivity contribution in [3.8, 4) is 0 Å². The van der Waals surface area contributed by atoms with Crippen molar-refractivity contribution in [3.05, 3.63) is 0 Å². The van der Waals surface area contributed by atoms with Crippen molar-refractivity contribution in [2.75, 3.05) is 19.6 Å². The van der Waals surface area contributed by atoms with Gasteiger partial charge >= 0.3 is 0 Å². The number of carbonyl (C=O) groups excluding carboxylic acids is 1. The molecule has 0 aromatic rings. The maximum absolute atomic E-state index is 12.5. The molecule has 1 rings (SSSR count). The number of hydrogen-bond acceptors (Lipinski definition) is 2. The summed E-state index contributed by atoms with van der Waals surface area (Å²) in [5.41, 5.74) is 0. The van der Waals surface area contributed by atoms with Crippen LogP contribution in [0.4, 0.5) is 0 Å². The van der Waals surface area contributed by atoms with Gasteiger partial charge in [0.25, 0.3) is 0 Å². The Morgan fingerprint density at radius 2 is 1.89 bits per heavy atom. The van der Waals surface area contributed by atoms with Crippen LogP contribution in [0.3, 0.4) is 0 Å². The highest BCUT2D eigenvalue weighted by Crippen LogP contribution is 2.20. The Hall–Kier alpha value is -0.570. The van der Waals surface area contributed by atoms with Gasteiger partial charge < -0.3 is 10.2 Å². The van der Waals surface area contributed by atoms with Gasteiger partial charge in [-0.1, -0.05) is 34.6 Å². The Morgan fingerprint density at radius 3 is 2.42 bits per heavy atom. The third-order valence-electron chi connectivity index (χ3n) is 4.12. The van der Waals surface area contributed by atoms with E-state index >= 15 is 0 Å². The standard InChI is InChI=1S/C16H32N2O/c1-6-14(7-2)16(19)18-10-13(5)8-15(11-18)17-9-12(3)4/h12-15,17H,6-11H2,1-5H3. The van der Waals surface area contributed by atoms with Crippen LogP contribution < -0.4 is 5.32 Å². The molecule has 19 heavy (non-hydrogen) atoms. The van der Waals surface area contributed by atoms with Crippen molar-refractivity contribution in [3.63, 3.8) is 0 Å². The van der Waals surface area contributed by atoms with Gasteiger partial charge in [0, 0.05) is 25.0 Å². The van der Waals surface area contributed by atoms with E-state index in [0.29, 0.717) is 23.8 Å². The first-order valence-electron chi connectivity index (χ1n) is 8.00. The number of carbonyl (C=O) groups is 1. The van der Waals surface area contributed by atoms with E-state index < -0.39 is 0 Å². The minimum atomic E-state index is 0.219. The van der Waals surface area contributed by atoms with Gasteiger partial charge in [0.1, 0.15) is 0 Å². The molecule has 0 radical (unpaired) electrons. The molecule has 1 aliphatic heterocycles. The van der Waals surface area contributed by atoms with Crippen LogP contribution in [0.15, 0.2) is 0 Å². The van der Waals surface area contributed by atoms with Crippen LogP contribution in [-0.4, -0.2) is 36.5 Å². The van der Waals surface area contributed by atoms with Gasteiger partial charge in [-0.2, -0.15) is 0 Å². The van der Waals surface area contributed by atoms with Crippen molar-refractivity contribution < 1.29 is 4.79 Å². The van der Waals surface area contributed by atoms with E-state index in [-0.39, 0.29) is 5.92 Å². The van der Waals surface area contributed by atoms with Gasteiger partial charge in [-0.05, 0) is 37.6 Å². The molecule has 0 saturated carbocycles. The Morgan fingerprint density at radius 1 is 1.26 bits per heavy atom. The minimum Gasteiger partial charge on any atom is -0.341 e. The van der Waals surface area contributed by atoms with Crippen molar-refractivity contribution in [2.45, 2.75) is 59.9 Å². The number of nitrogens with one attached hydrogen (secondary N) is 1. The zero-order chi connectivity index (χ0) is 14.4. The Balaban J connectivity index is 2.56. The lowest BCUT2D eigenvalue weighted by Gasteiger charge is -2.38. The molecule has 0 aromatic heterocycles. The zero-order valence-corrected chi connectivity index (χ0v) is 13.4. The van der Waals surface area contributed by atoms with E-state index in [9.17, 15) is 4.79 Å². The highest BCUT2D eigenvalue weighted by molar-refractivity contribution is 5.78. The third kappa shape index (κ3) is 5.13. The predicted molar refractivity (Wildman–Crippen MR) is 81.1 cm³/mol.